The van der Waals surface area contributed by atoms with E-state index < -0.39 is 5.60 Å². The Kier molecular flexibility index (Phi) is 10.1. The summed E-state index contributed by atoms with van der Waals surface area (Å²) in [4.78, 5) is 23.2. The average molecular weight is 379 g/mol. The average Bonchev–Trinajstić information content (AvgIpc) is 2.89. The summed E-state index contributed by atoms with van der Waals surface area (Å²) < 4.78 is 4.61. The number of aliphatic hydroxyl groups is 2. The molecule has 0 aliphatic heterocycles. The first-order chi connectivity index (χ1) is 12.8. The highest BCUT2D eigenvalue weighted by molar-refractivity contribution is 6.09. The van der Waals surface area contributed by atoms with Crippen molar-refractivity contribution in [1.29, 1.82) is 0 Å². The van der Waals surface area contributed by atoms with Crippen molar-refractivity contribution in [3.8, 4) is 0 Å². The molecule has 0 bridgehead atoms. The summed E-state index contributed by atoms with van der Waals surface area (Å²) in [5.41, 5.74) is 0.431. The Morgan fingerprint density at radius 1 is 1.22 bits per heavy atom. The minimum Gasteiger partial charge on any atom is -0.507 e. The summed E-state index contributed by atoms with van der Waals surface area (Å²) >= 11 is 0. The van der Waals surface area contributed by atoms with Gasteiger partial charge in [-0.15, -0.1) is 0 Å². The maximum absolute atomic E-state index is 12.1. The fraction of sp³-hybridized carbons (Fsp3) is 0.636. The Balaban J connectivity index is 2.54. The van der Waals surface area contributed by atoms with Gasteiger partial charge in [0.1, 0.15) is 5.76 Å². The predicted molar refractivity (Wildman–Crippen MR) is 106 cm³/mol. The lowest BCUT2D eigenvalue weighted by molar-refractivity contribution is -0.140. The first kappa shape index (κ1) is 23.2. The maximum atomic E-state index is 12.1. The van der Waals surface area contributed by atoms with E-state index in [2.05, 4.69) is 11.7 Å². The normalized spacial score (nSPS) is 16.7. The number of carbonyl (C=O) groups is 2. The van der Waals surface area contributed by atoms with E-state index in [4.69, 9.17) is 0 Å². The van der Waals surface area contributed by atoms with E-state index in [1.807, 2.05) is 13.0 Å². The van der Waals surface area contributed by atoms with Crippen LogP contribution in [0.5, 0.6) is 0 Å². The molecule has 2 N–H and O–H groups in total. The van der Waals surface area contributed by atoms with Crippen molar-refractivity contribution in [2.75, 3.05) is 7.11 Å². The van der Waals surface area contributed by atoms with Crippen LogP contribution in [0.25, 0.3) is 0 Å². The molecule has 0 fully saturated rings. The lowest BCUT2D eigenvalue weighted by atomic mass is 9.94. The van der Waals surface area contributed by atoms with Gasteiger partial charge in [-0.25, -0.2) is 0 Å². The second-order valence-corrected chi connectivity index (χ2v) is 7.48. The number of methoxy groups -OCH3 is 1. The van der Waals surface area contributed by atoms with Gasteiger partial charge in [0.25, 0.3) is 0 Å². The Morgan fingerprint density at radius 2 is 1.93 bits per heavy atom. The van der Waals surface area contributed by atoms with E-state index in [1.54, 1.807) is 6.08 Å². The van der Waals surface area contributed by atoms with Gasteiger partial charge in [-0.2, -0.15) is 0 Å². The zero-order chi connectivity index (χ0) is 20.3. The Morgan fingerprint density at radius 3 is 2.59 bits per heavy atom. The van der Waals surface area contributed by atoms with Crippen LogP contribution in [0.3, 0.4) is 0 Å². The van der Waals surface area contributed by atoms with Crippen molar-refractivity contribution < 1.29 is 24.5 Å². The molecule has 0 saturated heterocycles. The van der Waals surface area contributed by atoms with Crippen LogP contribution in [0.1, 0.15) is 78.1 Å². The zero-order valence-corrected chi connectivity index (χ0v) is 16.9. The van der Waals surface area contributed by atoms with Gasteiger partial charge in [0, 0.05) is 23.6 Å². The molecule has 1 rings (SSSR count). The second kappa shape index (κ2) is 11.8. The predicted octanol–water partition coefficient (Wildman–Crippen LogP) is 4.71. The van der Waals surface area contributed by atoms with Crippen molar-refractivity contribution in [3.05, 3.63) is 35.1 Å². The molecule has 1 aliphatic carbocycles. The highest BCUT2D eigenvalue weighted by Gasteiger charge is 2.23. The molecule has 5 nitrogen and oxygen atoms in total. The van der Waals surface area contributed by atoms with Crippen LogP contribution in [0.2, 0.25) is 0 Å². The molecule has 0 heterocycles. The van der Waals surface area contributed by atoms with Gasteiger partial charge in [-0.05, 0) is 39.0 Å². The first-order valence-corrected chi connectivity index (χ1v) is 9.95. The number of ketones is 1. The third kappa shape index (κ3) is 8.57. The van der Waals surface area contributed by atoms with E-state index in [0.29, 0.717) is 30.4 Å². The van der Waals surface area contributed by atoms with E-state index in [-0.39, 0.29) is 17.5 Å². The molecule has 152 valence electrons. The standard InChI is InChI=1S/C22H34O5/c1-4-5-14-22(2,26)15-10-12-18-17(19(23)16-20(18)24)11-8-6-7-9-13-21(25)27-3/h10,12,16,24,26H,4-9,11,13-15H2,1-3H3/b12-10+. The maximum Gasteiger partial charge on any atom is 0.305 e. The van der Waals surface area contributed by atoms with Crippen LogP contribution in [-0.2, 0) is 14.3 Å². The van der Waals surface area contributed by atoms with Crippen LogP contribution in [-0.4, -0.2) is 34.7 Å². The third-order valence-electron chi connectivity index (χ3n) is 4.86. The van der Waals surface area contributed by atoms with Crippen LogP contribution in [0.15, 0.2) is 35.1 Å². The molecule has 1 aliphatic rings. The molecule has 0 aromatic carbocycles. The Bertz CT molecular complexity index is 596. The third-order valence-corrected chi connectivity index (χ3v) is 4.86. The van der Waals surface area contributed by atoms with E-state index in [1.165, 1.54) is 13.2 Å². The van der Waals surface area contributed by atoms with Crippen LogP contribution >= 0.6 is 0 Å². The highest BCUT2D eigenvalue weighted by Crippen LogP contribution is 2.28. The molecule has 5 heteroatoms. The van der Waals surface area contributed by atoms with Crippen molar-refractivity contribution in [3.63, 3.8) is 0 Å². The first-order valence-electron chi connectivity index (χ1n) is 9.95. The molecule has 1 atom stereocenters. The van der Waals surface area contributed by atoms with E-state index >= 15 is 0 Å². The van der Waals surface area contributed by atoms with Gasteiger partial charge in [-0.1, -0.05) is 44.8 Å². The van der Waals surface area contributed by atoms with Gasteiger partial charge in [-0.3, -0.25) is 9.59 Å². The number of esters is 1. The van der Waals surface area contributed by atoms with Gasteiger partial charge in [0.15, 0.2) is 5.78 Å². The fourth-order valence-corrected chi connectivity index (χ4v) is 3.14. The monoisotopic (exact) mass is 378 g/mol. The number of rotatable bonds is 13. The van der Waals surface area contributed by atoms with Crippen LogP contribution < -0.4 is 0 Å². The van der Waals surface area contributed by atoms with Crippen LogP contribution in [0, 0.1) is 0 Å². The lowest BCUT2D eigenvalue weighted by Gasteiger charge is -2.21. The largest absolute Gasteiger partial charge is 0.507 e. The van der Waals surface area contributed by atoms with Crippen LogP contribution in [0.4, 0.5) is 0 Å². The topological polar surface area (TPSA) is 83.8 Å². The molecular weight excluding hydrogens is 344 g/mol. The fourth-order valence-electron chi connectivity index (χ4n) is 3.14. The van der Waals surface area contributed by atoms with Crippen molar-refractivity contribution in [2.45, 2.75) is 83.7 Å². The number of allylic oxidation sites excluding steroid dienone is 3. The van der Waals surface area contributed by atoms with Crippen molar-refractivity contribution >= 4 is 11.8 Å². The Labute approximate surface area is 162 Å². The summed E-state index contributed by atoms with van der Waals surface area (Å²) in [5.74, 6) is -0.329. The molecule has 0 amide bonds. The second-order valence-electron chi connectivity index (χ2n) is 7.48. The number of hydrogen-bond acceptors (Lipinski definition) is 5. The summed E-state index contributed by atoms with van der Waals surface area (Å²) in [5, 5.41) is 20.4. The van der Waals surface area contributed by atoms with E-state index in [0.717, 1.165) is 44.9 Å². The van der Waals surface area contributed by atoms with Crippen molar-refractivity contribution in [2.24, 2.45) is 0 Å². The highest BCUT2D eigenvalue weighted by atomic mass is 16.5. The summed E-state index contributed by atoms with van der Waals surface area (Å²) in [6.07, 6.45) is 12.5. The molecular formula is C22H34O5. The Hall–Kier alpha value is -1.88. The molecule has 1 unspecified atom stereocenters. The van der Waals surface area contributed by atoms with Gasteiger partial charge < -0.3 is 14.9 Å². The van der Waals surface area contributed by atoms with Gasteiger partial charge in [0.2, 0.25) is 0 Å². The summed E-state index contributed by atoms with van der Waals surface area (Å²) in [6.45, 7) is 3.90. The lowest BCUT2D eigenvalue weighted by Crippen LogP contribution is -2.22. The van der Waals surface area contributed by atoms with Gasteiger partial charge >= 0.3 is 5.97 Å². The minimum absolute atomic E-state index is 0.00476. The number of carbonyl (C=O) groups excluding carboxylic acids is 2. The van der Waals surface area contributed by atoms with Crippen molar-refractivity contribution in [1.82, 2.24) is 0 Å². The molecule has 0 saturated carbocycles. The quantitative estimate of drug-likeness (QED) is 0.358. The smallest absolute Gasteiger partial charge is 0.305 e. The number of unbranched alkanes of at least 4 members (excludes halogenated alkanes) is 4. The minimum atomic E-state index is -0.769. The number of hydrogen-bond donors (Lipinski definition) is 2. The van der Waals surface area contributed by atoms with E-state index in [9.17, 15) is 19.8 Å². The molecule has 0 aromatic heterocycles. The molecule has 0 spiro atoms. The number of ether oxygens (including phenoxy) is 1. The van der Waals surface area contributed by atoms with Gasteiger partial charge in [0.05, 0.1) is 12.7 Å². The molecule has 27 heavy (non-hydrogen) atoms. The SMILES string of the molecule is CCCCC(C)(O)C/C=C/C1=C(CCCCCCC(=O)OC)C(=O)C=C1O. The molecule has 0 radical (unpaired) electrons. The summed E-state index contributed by atoms with van der Waals surface area (Å²) in [6, 6.07) is 0. The zero-order valence-electron chi connectivity index (χ0n) is 16.9. The summed E-state index contributed by atoms with van der Waals surface area (Å²) in [7, 11) is 1.39. The number of aliphatic hydroxyl groups excluding tert-OH is 1. The molecule has 0 aromatic rings.